The van der Waals surface area contributed by atoms with Crippen molar-refractivity contribution < 1.29 is 9.21 Å². The van der Waals surface area contributed by atoms with Crippen molar-refractivity contribution in [2.75, 3.05) is 5.32 Å². The van der Waals surface area contributed by atoms with Crippen LogP contribution in [-0.2, 0) is 0 Å². The highest BCUT2D eigenvalue weighted by molar-refractivity contribution is 6.31. The Kier molecular flexibility index (Phi) is 5.27. The van der Waals surface area contributed by atoms with E-state index >= 15 is 0 Å². The summed E-state index contributed by atoms with van der Waals surface area (Å²) in [7, 11) is 0. The molecular weight excluding hydrogens is 374 g/mol. The summed E-state index contributed by atoms with van der Waals surface area (Å²) in [6, 6.07) is 10.2. The van der Waals surface area contributed by atoms with Crippen LogP contribution < -0.4 is 10.6 Å². The third kappa shape index (κ3) is 3.99. The number of rotatable bonds is 4. The van der Waals surface area contributed by atoms with Crippen LogP contribution in [0, 0.1) is 13.8 Å². The highest BCUT2D eigenvalue weighted by Gasteiger charge is 2.24. The minimum absolute atomic E-state index is 0.0391. The quantitative estimate of drug-likeness (QED) is 0.630. The van der Waals surface area contributed by atoms with Gasteiger partial charge in [-0.1, -0.05) is 11.6 Å². The van der Waals surface area contributed by atoms with Crippen LogP contribution in [0.25, 0.3) is 10.9 Å². The molecule has 0 saturated heterocycles. The van der Waals surface area contributed by atoms with Crippen LogP contribution in [0.5, 0.6) is 0 Å². The lowest BCUT2D eigenvalue weighted by molar-refractivity contribution is 0.0925. The number of amides is 1. The summed E-state index contributed by atoms with van der Waals surface area (Å²) in [5.41, 5.74) is 2.61. The maximum Gasteiger partial charge on any atom is 0.255 e. The molecule has 0 spiro atoms. The number of fused-ring (bicyclic) bond motifs is 1. The summed E-state index contributed by atoms with van der Waals surface area (Å²) in [6.07, 6.45) is 5.72. The Labute approximate surface area is 169 Å². The van der Waals surface area contributed by atoms with E-state index in [2.05, 4.69) is 15.6 Å². The van der Waals surface area contributed by atoms with Gasteiger partial charge in [0.05, 0.1) is 11.1 Å². The monoisotopic (exact) mass is 397 g/mol. The first-order chi connectivity index (χ1) is 13.5. The van der Waals surface area contributed by atoms with Crippen molar-refractivity contribution in [1.82, 2.24) is 10.3 Å². The summed E-state index contributed by atoms with van der Waals surface area (Å²) in [5, 5.41) is 8.58. The van der Waals surface area contributed by atoms with E-state index in [0.29, 0.717) is 22.4 Å². The highest BCUT2D eigenvalue weighted by atomic mass is 35.5. The third-order valence-corrected chi connectivity index (χ3v) is 5.65. The standard InChI is InChI=1S/C22H24ClN3O2/c1-13-11-19(14(2)28-13)22(27)26-17-6-4-16(5-7-17)25-20-9-10-24-21-12-15(23)3-8-18(20)21/h3,8-12,16-17H,4-7H2,1-2H3,(H,24,25)(H,26,27). The van der Waals surface area contributed by atoms with Gasteiger partial charge < -0.3 is 15.1 Å². The van der Waals surface area contributed by atoms with Gasteiger partial charge in [0.25, 0.3) is 5.91 Å². The lowest BCUT2D eigenvalue weighted by atomic mass is 9.90. The molecule has 1 fully saturated rings. The summed E-state index contributed by atoms with van der Waals surface area (Å²) in [5.74, 6) is 1.40. The molecule has 1 amide bonds. The van der Waals surface area contributed by atoms with Crippen LogP contribution in [0.1, 0.15) is 47.6 Å². The first-order valence-corrected chi connectivity index (χ1v) is 10.1. The minimum atomic E-state index is -0.0391. The second kappa shape index (κ2) is 7.84. The number of furan rings is 1. The number of carbonyl (C=O) groups excluding carboxylic acids is 1. The molecule has 2 N–H and O–H groups in total. The lowest BCUT2D eigenvalue weighted by Crippen LogP contribution is -2.40. The van der Waals surface area contributed by atoms with E-state index < -0.39 is 0 Å². The number of aryl methyl sites for hydroxylation is 2. The van der Waals surface area contributed by atoms with Crippen LogP contribution in [0.2, 0.25) is 5.02 Å². The molecule has 1 aliphatic carbocycles. The molecule has 5 nitrogen and oxygen atoms in total. The van der Waals surface area contributed by atoms with Gasteiger partial charge in [0.15, 0.2) is 0 Å². The molecule has 146 valence electrons. The van der Waals surface area contributed by atoms with Gasteiger partial charge in [-0.25, -0.2) is 0 Å². The molecule has 0 unspecified atom stereocenters. The van der Waals surface area contributed by atoms with Crippen molar-refractivity contribution in [1.29, 1.82) is 0 Å². The number of carbonyl (C=O) groups is 1. The maximum atomic E-state index is 12.5. The highest BCUT2D eigenvalue weighted by Crippen LogP contribution is 2.28. The molecule has 0 bridgehead atoms. The van der Waals surface area contributed by atoms with Gasteiger partial charge in [-0.05, 0) is 69.9 Å². The minimum Gasteiger partial charge on any atom is -0.466 e. The molecule has 0 aliphatic heterocycles. The molecule has 4 rings (SSSR count). The topological polar surface area (TPSA) is 67.2 Å². The fraction of sp³-hybridized carbons (Fsp3) is 0.364. The van der Waals surface area contributed by atoms with Crippen LogP contribution in [0.15, 0.2) is 40.9 Å². The number of benzene rings is 1. The normalized spacial score (nSPS) is 19.5. The zero-order valence-corrected chi connectivity index (χ0v) is 16.8. The second-order valence-electron chi connectivity index (χ2n) is 7.51. The lowest BCUT2D eigenvalue weighted by Gasteiger charge is -2.30. The Hall–Kier alpha value is -2.53. The number of hydrogen-bond acceptors (Lipinski definition) is 4. The van der Waals surface area contributed by atoms with E-state index in [4.69, 9.17) is 16.0 Å². The molecule has 2 aromatic heterocycles. The van der Waals surface area contributed by atoms with Crippen molar-refractivity contribution in [2.45, 2.75) is 51.6 Å². The van der Waals surface area contributed by atoms with Crippen molar-refractivity contribution in [2.24, 2.45) is 0 Å². The smallest absolute Gasteiger partial charge is 0.255 e. The Morgan fingerprint density at radius 2 is 1.86 bits per heavy atom. The van der Waals surface area contributed by atoms with E-state index in [1.807, 2.05) is 44.3 Å². The van der Waals surface area contributed by atoms with Crippen LogP contribution in [0.4, 0.5) is 5.69 Å². The van der Waals surface area contributed by atoms with Gasteiger partial charge in [-0.3, -0.25) is 9.78 Å². The Morgan fingerprint density at radius 3 is 2.57 bits per heavy atom. The van der Waals surface area contributed by atoms with E-state index in [1.165, 1.54) is 0 Å². The Balaban J connectivity index is 1.36. The number of pyridine rings is 1. The molecule has 0 radical (unpaired) electrons. The van der Waals surface area contributed by atoms with Crippen LogP contribution in [-0.4, -0.2) is 23.0 Å². The molecule has 3 aromatic rings. The second-order valence-corrected chi connectivity index (χ2v) is 7.95. The SMILES string of the molecule is Cc1cc(C(=O)NC2CCC(Nc3ccnc4cc(Cl)ccc34)CC2)c(C)o1. The van der Waals surface area contributed by atoms with Gasteiger partial charge in [0.2, 0.25) is 0 Å². The fourth-order valence-electron chi connectivity index (χ4n) is 3.97. The van der Waals surface area contributed by atoms with Gasteiger partial charge in [0.1, 0.15) is 11.5 Å². The van der Waals surface area contributed by atoms with E-state index in [0.717, 1.165) is 48.0 Å². The molecule has 2 heterocycles. The largest absolute Gasteiger partial charge is 0.466 e. The molecular formula is C22H24ClN3O2. The molecule has 28 heavy (non-hydrogen) atoms. The first kappa shape index (κ1) is 18.8. The average molecular weight is 398 g/mol. The van der Waals surface area contributed by atoms with Crippen molar-refractivity contribution >= 4 is 34.1 Å². The van der Waals surface area contributed by atoms with Gasteiger partial charge in [-0.15, -0.1) is 0 Å². The first-order valence-electron chi connectivity index (χ1n) is 9.68. The van der Waals surface area contributed by atoms with Crippen molar-refractivity contribution in [3.63, 3.8) is 0 Å². The third-order valence-electron chi connectivity index (χ3n) is 5.41. The predicted molar refractivity (Wildman–Crippen MR) is 112 cm³/mol. The average Bonchev–Trinajstić information content (AvgIpc) is 3.01. The zero-order chi connectivity index (χ0) is 19.7. The zero-order valence-electron chi connectivity index (χ0n) is 16.1. The number of hydrogen-bond donors (Lipinski definition) is 2. The number of nitrogens with one attached hydrogen (secondary N) is 2. The predicted octanol–water partition coefficient (Wildman–Crippen LogP) is 5.25. The number of nitrogens with zero attached hydrogens (tertiary/aromatic N) is 1. The van der Waals surface area contributed by atoms with Crippen LogP contribution >= 0.6 is 11.6 Å². The number of aromatic nitrogens is 1. The van der Waals surface area contributed by atoms with Crippen molar-refractivity contribution in [3.05, 3.63) is 58.6 Å². The fourth-order valence-corrected chi connectivity index (χ4v) is 4.13. The van der Waals surface area contributed by atoms with E-state index in [-0.39, 0.29) is 11.9 Å². The molecule has 1 saturated carbocycles. The molecule has 0 atom stereocenters. The summed E-state index contributed by atoms with van der Waals surface area (Å²) < 4.78 is 5.47. The van der Waals surface area contributed by atoms with Gasteiger partial charge in [0, 0.05) is 34.4 Å². The number of halogens is 1. The summed E-state index contributed by atoms with van der Waals surface area (Å²) in [6.45, 7) is 3.69. The molecule has 6 heteroatoms. The Bertz CT molecular complexity index is 1010. The number of anilines is 1. The van der Waals surface area contributed by atoms with Gasteiger partial charge in [-0.2, -0.15) is 0 Å². The Morgan fingerprint density at radius 1 is 1.11 bits per heavy atom. The molecule has 1 aromatic carbocycles. The summed E-state index contributed by atoms with van der Waals surface area (Å²) in [4.78, 5) is 16.9. The maximum absolute atomic E-state index is 12.5. The van der Waals surface area contributed by atoms with E-state index in [1.54, 1.807) is 6.07 Å². The molecule has 1 aliphatic rings. The van der Waals surface area contributed by atoms with Gasteiger partial charge >= 0.3 is 0 Å². The van der Waals surface area contributed by atoms with Crippen molar-refractivity contribution in [3.8, 4) is 0 Å². The summed E-state index contributed by atoms with van der Waals surface area (Å²) >= 11 is 6.07. The van der Waals surface area contributed by atoms with E-state index in [9.17, 15) is 4.79 Å². The van der Waals surface area contributed by atoms with Crippen LogP contribution in [0.3, 0.4) is 0 Å².